The highest BCUT2D eigenvalue weighted by Gasteiger charge is 2.18. The number of anilines is 1. The molecule has 138 valence electrons. The number of carbonyl (C=O) groups excluding carboxylic acids is 1. The van der Waals surface area contributed by atoms with E-state index in [2.05, 4.69) is 5.32 Å². The molecule has 5 nitrogen and oxygen atoms in total. The van der Waals surface area contributed by atoms with E-state index < -0.39 is 15.9 Å². The lowest BCUT2D eigenvalue weighted by molar-refractivity contribution is -0.116. The number of halogens is 1. The van der Waals surface area contributed by atoms with Gasteiger partial charge in [-0.1, -0.05) is 35.9 Å². The minimum atomic E-state index is -3.72. The van der Waals surface area contributed by atoms with Crippen molar-refractivity contribution in [2.75, 3.05) is 25.2 Å². The predicted octanol–water partition coefficient (Wildman–Crippen LogP) is 3.93. The van der Waals surface area contributed by atoms with Crippen molar-refractivity contribution >= 4 is 51.1 Å². The summed E-state index contributed by atoms with van der Waals surface area (Å²) in [5.41, 5.74) is 1.36. The van der Waals surface area contributed by atoms with Crippen LogP contribution in [0.15, 0.2) is 58.8 Å². The zero-order valence-corrected chi connectivity index (χ0v) is 16.7. The summed E-state index contributed by atoms with van der Waals surface area (Å²) in [6.07, 6.45) is 3.37. The van der Waals surface area contributed by atoms with Gasteiger partial charge in [0.2, 0.25) is 15.9 Å². The maximum atomic E-state index is 12.3. The Hall–Kier alpha value is -1.80. The molecule has 0 unspecified atom stereocenters. The minimum absolute atomic E-state index is 0.282. The van der Waals surface area contributed by atoms with Crippen molar-refractivity contribution in [3.8, 4) is 0 Å². The average Bonchev–Trinajstić information content (AvgIpc) is 2.61. The van der Waals surface area contributed by atoms with Crippen molar-refractivity contribution in [2.45, 2.75) is 4.90 Å². The van der Waals surface area contributed by atoms with Crippen molar-refractivity contribution in [1.82, 2.24) is 4.31 Å². The largest absolute Gasteiger partial charge is 0.324 e. The minimum Gasteiger partial charge on any atom is -0.324 e. The second kappa shape index (κ2) is 9.23. The number of hydrogen-bond acceptors (Lipinski definition) is 4. The van der Waals surface area contributed by atoms with E-state index in [1.54, 1.807) is 30.3 Å². The van der Waals surface area contributed by atoms with Gasteiger partial charge in [0.05, 0.1) is 12.2 Å². The Morgan fingerprint density at radius 3 is 2.50 bits per heavy atom. The molecule has 0 bridgehead atoms. The fourth-order valence-corrected chi connectivity index (χ4v) is 3.59. The van der Waals surface area contributed by atoms with Gasteiger partial charge in [-0.3, -0.25) is 4.79 Å². The van der Waals surface area contributed by atoms with Gasteiger partial charge in [-0.25, -0.2) is 8.42 Å². The second-order valence-corrected chi connectivity index (χ2v) is 8.61. The number of sulfonamides is 1. The maximum absolute atomic E-state index is 12.3. The molecule has 0 aliphatic heterocycles. The van der Waals surface area contributed by atoms with E-state index in [0.29, 0.717) is 16.3 Å². The van der Waals surface area contributed by atoms with E-state index in [0.717, 1.165) is 14.6 Å². The molecule has 0 aliphatic carbocycles. The number of amides is 1. The molecule has 0 atom stereocenters. The molecular formula is C18H19ClN2O3S2. The third-order valence-electron chi connectivity index (χ3n) is 3.48. The Kier molecular flexibility index (Phi) is 7.28. The smallest absolute Gasteiger partial charge is 0.239 e. The van der Waals surface area contributed by atoms with Crippen molar-refractivity contribution < 1.29 is 13.2 Å². The van der Waals surface area contributed by atoms with Gasteiger partial charge in [-0.2, -0.15) is 4.31 Å². The highest BCUT2D eigenvalue weighted by molar-refractivity contribution is 7.98. The summed E-state index contributed by atoms with van der Waals surface area (Å²) >= 11 is 7.30. The van der Waals surface area contributed by atoms with Gasteiger partial charge in [0.15, 0.2) is 0 Å². The van der Waals surface area contributed by atoms with E-state index in [-0.39, 0.29) is 6.54 Å². The predicted molar refractivity (Wildman–Crippen MR) is 109 cm³/mol. The number of para-hydroxylation sites is 1. The van der Waals surface area contributed by atoms with Crippen LogP contribution in [0.5, 0.6) is 0 Å². The van der Waals surface area contributed by atoms with Gasteiger partial charge in [0.25, 0.3) is 0 Å². The molecule has 0 saturated heterocycles. The van der Waals surface area contributed by atoms with E-state index in [1.165, 1.54) is 24.9 Å². The topological polar surface area (TPSA) is 66.5 Å². The standard InChI is InChI=1S/C18H19ClN2O3S2/c1-21(13-18(22)20-16-5-3-4-6-17(16)25-2)26(23,24)12-11-14-7-9-15(19)10-8-14/h3-12H,13H2,1-2H3,(H,20,22). The van der Waals surface area contributed by atoms with E-state index in [9.17, 15) is 13.2 Å². The van der Waals surface area contributed by atoms with Crippen LogP contribution in [-0.2, 0) is 14.8 Å². The first-order chi connectivity index (χ1) is 12.3. The Morgan fingerprint density at radius 1 is 1.19 bits per heavy atom. The van der Waals surface area contributed by atoms with Crippen LogP contribution >= 0.6 is 23.4 Å². The highest BCUT2D eigenvalue weighted by atomic mass is 35.5. The number of benzene rings is 2. The summed E-state index contributed by atoms with van der Waals surface area (Å²) < 4.78 is 25.6. The fraction of sp³-hybridized carbons (Fsp3) is 0.167. The summed E-state index contributed by atoms with van der Waals surface area (Å²) in [6, 6.07) is 14.1. The molecule has 0 radical (unpaired) electrons. The number of rotatable bonds is 7. The van der Waals surface area contributed by atoms with Crippen molar-refractivity contribution in [2.24, 2.45) is 0 Å². The van der Waals surface area contributed by atoms with Gasteiger partial charge < -0.3 is 5.32 Å². The zero-order valence-electron chi connectivity index (χ0n) is 14.3. The first-order valence-electron chi connectivity index (χ1n) is 7.64. The van der Waals surface area contributed by atoms with Crippen LogP contribution in [-0.4, -0.2) is 38.5 Å². The third kappa shape index (κ3) is 5.88. The number of carbonyl (C=O) groups is 1. The molecule has 0 spiro atoms. The SMILES string of the molecule is CSc1ccccc1NC(=O)CN(C)S(=O)(=O)C=Cc1ccc(Cl)cc1. The van der Waals surface area contributed by atoms with Crippen LogP contribution in [0.25, 0.3) is 6.08 Å². The van der Waals surface area contributed by atoms with Crippen molar-refractivity contribution in [3.63, 3.8) is 0 Å². The first kappa shape index (κ1) is 20.5. The molecule has 8 heteroatoms. The molecule has 26 heavy (non-hydrogen) atoms. The van der Waals surface area contributed by atoms with Gasteiger partial charge in [0, 0.05) is 22.4 Å². The molecule has 0 heterocycles. The second-order valence-electron chi connectivity index (χ2n) is 5.40. The van der Waals surface area contributed by atoms with Gasteiger partial charge in [0.1, 0.15) is 0 Å². The van der Waals surface area contributed by atoms with E-state index >= 15 is 0 Å². The Morgan fingerprint density at radius 2 is 1.85 bits per heavy atom. The van der Waals surface area contributed by atoms with Crippen molar-refractivity contribution in [3.05, 3.63) is 64.5 Å². The summed E-state index contributed by atoms with van der Waals surface area (Å²) in [6.45, 7) is -0.282. The van der Waals surface area contributed by atoms with Crippen LogP contribution < -0.4 is 5.32 Å². The van der Waals surface area contributed by atoms with Crippen LogP contribution in [0.4, 0.5) is 5.69 Å². The molecule has 0 saturated carbocycles. The normalized spacial score (nSPS) is 11.8. The summed E-state index contributed by atoms with van der Waals surface area (Å²) in [5.74, 6) is -0.405. The Labute approximate surface area is 163 Å². The fourth-order valence-electron chi connectivity index (χ4n) is 2.07. The lowest BCUT2D eigenvalue weighted by Crippen LogP contribution is -2.33. The molecule has 0 fully saturated rings. The van der Waals surface area contributed by atoms with Gasteiger partial charge in [-0.15, -0.1) is 11.8 Å². The number of hydrogen-bond donors (Lipinski definition) is 1. The molecular weight excluding hydrogens is 392 g/mol. The molecule has 2 aromatic carbocycles. The zero-order chi connectivity index (χ0) is 19.2. The Balaban J connectivity index is 2.01. The third-order valence-corrected chi connectivity index (χ3v) is 6.01. The lowest BCUT2D eigenvalue weighted by Gasteiger charge is -2.15. The quantitative estimate of drug-likeness (QED) is 0.702. The van der Waals surface area contributed by atoms with Crippen LogP contribution in [0, 0.1) is 0 Å². The number of thioether (sulfide) groups is 1. The van der Waals surface area contributed by atoms with Crippen molar-refractivity contribution in [1.29, 1.82) is 0 Å². The highest BCUT2D eigenvalue weighted by Crippen LogP contribution is 2.24. The molecule has 2 aromatic rings. The van der Waals surface area contributed by atoms with Gasteiger partial charge >= 0.3 is 0 Å². The molecule has 1 N–H and O–H groups in total. The van der Waals surface area contributed by atoms with E-state index in [1.807, 2.05) is 24.5 Å². The number of nitrogens with zero attached hydrogens (tertiary/aromatic N) is 1. The van der Waals surface area contributed by atoms with E-state index in [4.69, 9.17) is 11.6 Å². The van der Waals surface area contributed by atoms with Crippen LogP contribution in [0.2, 0.25) is 5.02 Å². The number of likely N-dealkylation sites (N-methyl/N-ethyl adjacent to an activating group) is 1. The monoisotopic (exact) mass is 410 g/mol. The summed E-state index contributed by atoms with van der Waals surface area (Å²) in [7, 11) is -2.36. The summed E-state index contributed by atoms with van der Waals surface area (Å²) in [5, 5.41) is 4.38. The van der Waals surface area contributed by atoms with Gasteiger partial charge in [-0.05, 0) is 42.2 Å². The lowest BCUT2D eigenvalue weighted by atomic mass is 10.2. The molecule has 0 aliphatic rings. The molecule has 2 rings (SSSR count). The molecule has 1 amide bonds. The Bertz CT molecular complexity index is 897. The molecule has 0 aromatic heterocycles. The maximum Gasteiger partial charge on any atom is 0.239 e. The number of nitrogens with one attached hydrogen (secondary N) is 1. The first-order valence-corrected chi connectivity index (χ1v) is 10.8. The summed E-state index contributed by atoms with van der Waals surface area (Å²) in [4.78, 5) is 13.1. The van der Waals surface area contributed by atoms with Crippen LogP contribution in [0.3, 0.4) is 0 Å². The van der Waals surface area contributed by atoms with Crippen LogP contribution in [0.1, 0.15) is 5.56 Å². The average molecular weight is 411 g/mol.